The smallest absolute Gasteiger partial charge is 0.468 e. The van der Waals surface area contributed by atoms with E-state index in [2.05, 4.69) is 20.0 Å². The molecule has 0 aliphatic carbocycles. The SMILES string of the molecule is COC(=O)C(C(=O)c1ncccc1NCC1CN=C(Cl)S1)c1cc(OC(F)(F)F)ccc1Cl. The van der Waals surface area contributed by atoms with E-state index in [9.17, 15) is 22.8 Å². The number of methoxy groups -OCH3 is 1. The number of rotatable bonds is 8. The molecule has 1 aromatic carbocycles. The number of halogens is 5. The fraction of sp³-hybridized carbons (Fsp3) is 0.300. The summed E-state index contributed by atoms with van der Waals surface area (Å²) < 4.78 is 47.1. The van der Waals surface area contributed by atoms with E-state index >= 15 is 0 Å². The number of carbonyl (C=O) groups is 2. The first kappa shape index (κ1) is 25.1. The Morgan fingerprint density at radius 3 is 2.70 bits per heavy atom. The largest absolute Gasteiger partial charge is 0.573 e. The number of carbonyl (C=O) groups excluding carboxylic acids is 2. The third kappa shape index (κ3) is 6.52. The molecule has 2 atom stereocenters. The van der Waals surface area contributed by atoms with Crippen LogP contribution in [0.1, 0.15) is 22.0 Å². The van der Waals surface area contributed by atoms with Crippen LogP contribution in [0.5, 0.6) is 5.75 Å². The van der Waals surface area contributed by atoms with Crippen LogP contribution in [0.4, 0.5) is 18.9 Å². The Bertz CT molecular complexity index is 1080. The van der Waals surface area contributed by atoms with Crippen LogP contribution in [0.3, 0.4) is 0 Å². The summed E-state index contributed by atoms with van der Waals surface area (Å²) >= 11 is 13.4. The fourth-order valence-electron chi connectivity index (χ4n) is 3.03. The molecule has 7 nitrogen and oxygen atoms in total. The van der Waals surface area contributed by atoms with E-state index < -0.39 is 29.8 Å². The second-order valence-electron chi connectivity index (χ2n) is 6.67. The quantitative estimate of drug-likeness (QED) is 0.300. The number of nitrogens with one attached hydrogen (secondary N) is 1. The van der Waals surface area contributed by atoms with Gasteiger partial charge in [-0.15, -0.1) is 13.2 Å². The number of ether oxygens (including phenoxy) is 2. The number of hydrogen-bond acceptors (Lipinski definition) is 8. The first-order valence-corrected chi connectivity index (χ1v) is 11.0. The topological polar surface area (TPSA) is 89.9 Å². The van der Waals surface area contributed by atoms with Crippen LogP contribution < -0.4 is 10.1 Å². The molecule has 0 saturated carbocycles. The van der Waals surface area contributed by atoms with E-state index in [0.29, 0.717) is 23.3 Å². The Morgan fingerprint density at radius 2 is 2.06 bits per heavy atom. The minimum Gasteiger partial charge on any atom is -0.468 e. The predicted octanol–water partition coefficient (Wildman–Crippen LogP) is 4.90. The molecular weight excluding hydrogens is 506 g/mol. The standard InChI is InChI=1S/C20H16Cl2F3N3O4S/c1-31-18(30)15(12-7-10(4-5-13(12)21)32-20(23,24)25)17(29)16-14(3-2-6-26-16)27-8-11-9-28-19(22)33-11/h2-7,11,15,27H,8-9H2,1H3. The monoisotopic (exact) mass is 521 g/mol. The zero-order valence-corrected chi connectivity index (χ0v) is 19.2. The minimum absolute atomic E-state index is 0.0303. The van der Waals surface area contributed by atoms with E-state index in [-0.39, 0.29) is 21.5 Å². The highest BCUT2D eigenvalue weighted by molar-refractivity contribution is 8.17. The Morgan fingerprint density at radius 1 is 1.30 bits per heavy atom. The van der Waals surface area contributed by atoms with Crippen molar-refractivity contribution in [3.05, 3.63) is 52.8 Å². The lowest BCUT2D eigenvalue weighted by molar-refractivity contribution is -0.274. The number of nitrogens with zero attached hydrogens (tertiary/aromatic N) is 2. The average Bonchev–Trinajstić information content (AvgIpc) is 3.18. The van der Waals surface area contributed by atoms with E-state index in [1.54, 1.807) is 12.1 Å². The van der Waals surface area contributed by atoms with Crippen LogP contribution in [0.15, 0.2) is 41.5 Å². The lowest BCUT2D eigenvalue weighted by Gasteiger charge is -2.19. The van der Waals surface area contributed by atoms with Gasteiger partial charge in [-0.2, -0.15) is 0 Å². The highest BCUT2D eigenvalue weighted by Gasteiger charge is 2.36. The van der Waals surface area contributed by atoms with Crippen LogP contribution in [0.25, 0.3) is 0 Å². The Labute approximate surface area is 200 Å². The number of benzene rings is 1. The number of ketones is 1. The molecule has 0 radical (unpaired) electrons. The maximum absolute atomic E-state index is 13.4. The van der Waals surface area contributed by atoms with E-state index in [1.807, 2.05) is 0 Å². The molecule has 2 heterocycles. The molecule has 0 spiro atoms. The van der Waals surface area contributed by atoms with Gasteiger partial charge in [-0.25, -0.2) is 0 Å². The number of aliphatic imine (C=N–C) groups is 1. The average molecular weight is 522 g/mol. The molecule has 0 saturated heterocycles. The Hall–Kier alpha value is -2.50. The van der Waals surface area contributed by atoms with E-state index in [4.69, 9.17) is 27.9 Å². The van der Waals surface area contributed by atoms with Crippen LogP contribution in [0, 0.1) is 0 Å². The van der Waals surface area contributed by atoms with Gasteiger partial charge < -0.3 is 14.8 Å². The molecule has 1 N–H and O–H groups in total. The second-order valence-corrected chi connectivity index (χ2v) is 8.94. The number of pyridine rings is 1. The molecule has 2 aromatic rings. The summed E-state index contributed by atoms with van der Waals surface area (Å²) in [5, 5.41) is 2.99. The first-order chi connectivity index (χ1) is 15.6. The number of anilines is 1. The van der Waals surface area contributed by atoms with Crippen molar-refractivity contribution in [3.8, 4) is 5.75 Å². The van der Waals surface area contributed by atoms with Crippen LogP contribution in [0.2, 0.25) is 5.02 Å². The molecule has 1 aliphatic rings. The van der Waals surface area contributed by atoms with Gasteiger partial charge in [0.25, 0.3) is 0 Å². The third-order valence-electron chi connectivity index (χ3n) is 4.46. The van der Waals surface area contributed by atoms with Gasteiger partial charge in [0.2, 0.25) is 5.78 Å². The molecule has 3 rings (SSSR count). The zero-order chi connectivity index (χ0) is 24.2. The minimum atomic E-state index is -4.97. The summed E-state index contributed by atoms with van der Waals surface area (Å²) in [6, 6.07) is 6.11. The van der Waals surface area contributed by atoms with Gasteiger partial charge in [0.15, 0.2) is 4.50 Å². The highest BCUT2D eigenvalue weighted by atomic mass is 35.5. The first-order valence-electron chi connectivity index (χ1n) is 9.31. The van der Waals surface area contributed by atoms with Gasteiger partial charge in [0.05, 0.1) is 19.3 Å². The normalized spacial score (nSPS) is 16.7. The number of Topliss-reactive ketones (excluding diaryl/α,β-unsaturated/α-hetero) is 1. The maximum Gasteiger partial charge on any atom is 0.573 e. The molecule has 0 fully saturated rings. The van der Waals surface area contributed by atoms with Crippen molar-refractivity contribution >= 4 is 56.9 Å². The molecule has 0 bridgehead atoms. The molecule has 0 amide bonds. The zero-order valence-electron chi connectivity index (χ0n) is 16.9. The molecule has 13 heteroatoms. The van der Waals surface area contributed by atoms with Gasteiger partial charge in [-0.1, -0.05) is 35.0 Å². The van der Waals surface area contributed by atoms with Crippen molar-refractivity contribution in [3.63, 3.8) is 0 Å². The van der Waals surface area contributed by atoms with Gasteiger partial charge in [-0.3, -0.25) is 19.6 Å². The summed E-state index contributed by atoms with van der Waals surface area (Å²) in [5.41, 5.74) is -0.00151. The number of hydrogen-bond donors (Lipinski definition) is 1. The van der Waals surface area contributed by atoms with Crippen molar-refractivity contribution in [2.45, 2.75) is 17.5 Å². The van der Waals surface area contributed by atoms with Gasteiger partial charge in [-0.05, 0) is 35.9 Å². The van der Waals surface area contributed by atoms with Gasteiger partial charge in [0.1, 0.15) is 17.4 Å². The summed E-state index contributed by atoms with van der Waals surface area (Å²) in [4.78, 5) is 34.1. The Kier molecular flexibility index (Phi) is 8.09. The lowest BCUT2D eigenvalue weighted by atomic mass is 9.91. The summed E-state index contributed by atoms with van der Waals surface area (Å²) in [6.07, 6.45) is -3.62. The van der Waals surface area contributed by atoms with Crippen molar-refractivity contribution in [2.24, 2.45) is 4.99 Å². The number of thioether (sulfide) groups is 1. The van der Waals surface area contributed by atoms with E-state index in [0.717, 1.165) is 25.3 Å². The number of aromatic nitrogens is 1. The molecular formula is C20H16Cl2F3N3O4S. The second kappa shape index (κ2) is 10.6. The summed E-state index contributed by atoms with van der Waals surface area (Å²) in [6.45, 7) is 0.890. The van der Waals surface area contributed by atoms with Crippen LogP contribution in [-0.4, -0.2) is 53.1 Å². The van der Waals surface area contributed by atoms with E-state index in [1.165, 1.54) is 18.0 Å². The lowest BCUT2D eigenvalue weighted by Crippen LogP contribution is -2.26. The van der Waals surface area contributed by atoms with Crippen molar-refractivity contribution < 1.29 is 32.2 Å². The summed E-state index contributed by atoms with van der Waals surface area (Å²) in [7, 11) is 1.05. The summed E-state index contributed by atoms with van der Waals surface area (Å²) in [5.74, 6) is -4.15. The molecule has 1 aromatic heterocycles. The third-order valence-corrected chi connectivity index (χ3v) is 6.16. The molecule has 2 unspecified atom stereocenters. The molecule has 176 valence electrons. The molecule has 33 heavy (non-hydrogen) atoms. The predicted molar refractivity (Wildman–Crippen MR) is 119 cm³/mol. The Balaban J connectivity index is 1.93. The molecule has 1 aliphatic heterocycles. The van der Waals surface area contributed by atoms with Gasteiger partial charge >= 0.3 is 12.3 Å². The van der Waals surface area contributed by atoms with Crippen molar-refractivity contribution in [1.29, 1.82) is 0 Å². The number of alkyl halides is 3. The number of esters is 1. The highest BCUT2D eigenvalue weighted by Crippen LogP contribution is 2.35. The maximum atomic E-state index is 13.4. The van der Waals surface area contributed by atoms with Gasteiger partial charge in [0, 0.05) is 23.0 Å². The fourth-order valence-corrected chi connectivity index (χ4v) is 4.44. The van der Waals surface area contributed by atoms with Crippen LogP contribution in [-0.2, 0) is 9.53 Å². The van der Waals surface area contributed by atoms with Crippen molar-refractivity contribution in [1.82, 2.24) is 4.98 Å². The van der Waals surface area contributed by atoms with Crippen molar-refractivity contribution in [2.75, 3.05) is 25.5 Å². The van der Waals surface area contributed by atoms with Crippen LogP contribution >= 0.6 is 35.0 Å².